The van der Waals surface area contributed by atoms with Gasteiger partial charge in [-0.15, -0.1) is 0 Å². The Morgan fingerprint density at radius 1 is 1.35 bits per heavy atom. The summed E-state index contributed by atoms with van der Waals surface area (Å²) in [5, 5.41) is 4.42. The minimum atomic E-state index is 0.673. The molecule has 0 aliphatic carbocycles. The molecule has 2 aromatic rings. The van der Waals surface area contributed by atoms with Crippen LogP contribution in [0.25, 0.3) is 11.1 Å². The zero-order valence-corrected chi connectivity index (χ0v) is 10.4. The number of aromatic nitrogens is 2. The van der Waals surface area contributed by atoms with Crippen LogP contribution in [0, 0.1) is 0 Å². The standard InChI is InChI=1S/C13H17N3O/c1-4-10-12(13(14)16(2)15-10)9-7-5-6-8-11(9)17-3/h5-8H,4,14H2,1-3H3. The summed E-state index contributed by atoms with van der Waals surface area (Å²) >= 11 is 0. The van der Waals surface area contributed by atoms with Crippen LogP contribution in [-0.2, 0) is 13.5 Å². The molecule has 0 aliphatic rings. The molecule has 4 heteroatoms. The van der Waals surface area contributed by atoms with E-state index >= 15 is 0 Å². The van der Waals surface area contributed by atoms with Crippen LogP contribution < -0.4 is 10.5 Å². The molecule has 90 valence electrons. The maximum atomic E-state index is 6.08. The quantitative estimate of drug-likeness (QED) is 0.881. The van der Waals surface area contributed by atoms with Crippen molar-refractivity contribution in [2.75, 3.05) is 12.8 Å². The SMILES string of the molecule is CCc1nn(C)c(N)c1-c1ccccc1OC. The molecule has 0 fully saturated rings. The molecule has 1 heterocycles. The second-order valence-electron chi connectivity index (χ2n) is 3.88. The summed E-state index contributed by atoms with van der Waals surface area (Å²) in [4.78, 5) is 0. The second kappa shape index (κ2) is 4.49. The average Bonchev–Trinajstić information content (AvgIpc) is 2.65. The Morgan fingerprint density at radius 3 is 2.71 bits per heavy atom. The maximum Gasteiger partial charge on any atom is 0.129 e. The Bertz CT molecular complexity index is 531. The number of hydrogen-bond acceptors (Lipinski definition) is 3. The molecule has 0 atom stereocenters. The van der Waals surface area contributed by atoms with Gasteiger partial charge in [0.2, 0.25) is 0 Å². The first-order valence-electron chi connectivity index (χ1n) is 5.63. The number of rotatable bonds is 3. The van der Waals surface area contributed by atoms with Gasteiger partial charge in [0.05, 0.1) is 18.4 Å². The third kappa shape index (κ3) is 1.86. The molecule has 1 aromatic heterocycles. The molecule has 0 aliphatic heterocycles. The number of nitrogens with two attached hydrogens (primary N) is 1. The highest BCUT2D eigenvalue weighted by Gasteiger charge is 2.17. The Labute approximate surface area is 101 Å². The molecule has 0 saturated heterocycles. The monoisotopic (exact) mass is 231 g/mol. The molecule has 0 spiro atoms. The van der Waals surface area contributed by atoms with Crippen LogP contribution in [0.2, 0.25) is 0 Å². The van der Waals surface area contributed by atoms with E-state index in [0.717, 1.165) is 29.0 Å². The fourth-order valence-electron chi connectivity index (χ4n) is 1.99. The Morgan fingerprint density at radius 2 is 2.06 bits per heavy atom. The highest BCUT2D eigenvalue weighted by atomic mass is 16.5. The molecule has 2 rings (SSSR count). The van der Waals surface area contributed by atoms with Crippen molar-refractivity contribution in [3.05, 3.63) is 30.0 Å². The van der Waals surface area contributed by atoms with Crippen molar-refractivity contribution in [2.45, 2.75) is 13.3 Å². The second-order valence-corrected chi connectivity index (χ2v) is 3.88. The van der Waals surface area contributed by atoms with Gasteiger partial charge in [0.25, 0.3) is 0 Å². The topological polar surface area (TPSA) is 53.1 Å². The first-order valence-corrected chi connectivity index (χ1v) is 5.63. The number of aryl methyl sites for hydroxylation is 2. The van der Waals surface area contributed by atoms with E-state index in [4.69, 9.17) is 10.5 Å². The fourth-order valence-corrected chi connectivity index (χ4v) is 1.99. The number of benzene rings is 1. The minimum Gasteiger partial charge on any atom is -0.496 e. The van der Waals surface area contributed by atoms with E-state index in [0.29, 0.717) is 5.82 Å². The Balaban J connectivity index is 2.67. The maximum absolute atomic E-state index is 6.08. The first kappa shape index (κ1) is 11.5. The number of para-hydroxylation sites is 1. The molecule has 0 radical (unpaired) electrons. The highest BCUT2D eigenvalue weighted by molar-refractivity contribution is 5.80. The van der Waals surface area contributed by atoms with Gasteiger partial charge in [0.1, 0.15) is 11.6 Å². The highest BCUT2D eigenvalue weighted by Crippen LogP contribution is 2.35. The van der Waals surface area contributed by atoms with Crippen LogP contribution in [0.3, 0.4) is 0 Å². The predicted molar refractivity (Wildman–Crippen MR) is 69.0 cm³/mol. The summed E-state index contributed by atoms with van der Waals surface area (Å²) < 4.78 is 7.08. The van der Waals surface area contributed by atoms with E-state index in [9.17, 15) is 0 Å². The zero-order valence-electron chi connectivity index (χ0n) is 10.4. The van der Waals surface area contributed by atoms with E-state index in [1.54, 1.807) is 11.8 Å². The predicted octanol–water partition coefficient (Wildman–Crippen LogP) is 2.24. The molecule has 0 amide bonds. The summed E-state index contributed by atoms with van der Waals surface area (Å²) in [6.07, 6.45) is 0.846. The van der Waals surface area contributed by atoms with Crippen LogP contribution in [0.5, 0.6) is 5.75 Å². The van der Waals surface area contributed by atoms with Crippen LogP contribution in [0.4, 0.5) is 5.82 Å². The molecule has 0 unspecified atom stereocenters. The zero-order chi connectivity index (χ0) is 12.4. The lowest BCUT2D eigenvalue weighted by Gasteiger charge is -2.08. The number of ether oxygens (including phenoxy) is 1. The average molecular weight is 231 g/mol. The molecule has 2 N–H and O–H groups in total. The molecule has 4 nitrogen and oxygen atoms in total. The summed E-state index contributed by atoms with van der Waals surface area (Å²) in [6, 6.07) is 7.86. The van der Waals surface area contributed by atoms with Gasteiger partial charge in [-0.3, -0.25) is 4.68 Å². The lowest BCUT2D eigenvalue weighted by molar-refractivity contribution is 0.416. The third-order valence-corrected chi connectivity index (χ3v) is 2.88. The Hall–Kier alpha value is -1.97. The van der Waals surface area contributed by atoms with Crippen molar-refractivity contribution in [1.82, 2.24) is 9.78 Å². The van der Waals surface area contributed by atoms with Crippen molar-refractivity contribution in [1.29, 1.82) is 0 Å². The van der Waals surface area contributed by atoms with Crippen LogP contribution >= 0.6 is 0 Å². The molecule has 0 saturated carbocycles. The van der Waals surface area contributed by atoms with Crippen molar-refractivity contribution in [3.63, 3.8) is 0 Å². The number of hydrogen-bond donors (Lipinski definition) is 1. The summed E-state index contributed by atoms with van der Waals surface area (Å²) in [5.41, 5.74) is 9.05. The lowest BCUT2D eigenvalue weighted by Crippen LogP contribution is -1.98. The van der Waals surface area contributed by atoms with Crippen LogP contribution in [0.15, 0.2) is 24.3 Å². The van der Waals surface area contributed by atoms with E-state index < -0.39 is 0 Å². The smallest absolute Gasteiger partial charge is 0.129 e. The van der Waals surface area contributed by atoms with Gasteiger partial charge in [0, 0.05) is 12.6 Å². The summed E-state index contributed by atoms with van der Waals surface area (Å²) in [7, 11) is 3.52. The number of nitrogens with zero attached hydrogens (tertiary/aromatic N) is 2. The molecular weight excluding hydrogens is 214 g/mol. The van der Waals surface area contributed by atoms with Crippen molar-refractivity contribution in [3.8, 4) is 16.9 Å². The van der Waals surface area contributed by atoms with E-state index in [-0.39, 0.29) is 0 Å². The molecule has 17 heavy (non-hydrogen) atoms. The van der Waals surface area contributed by atoms with Crippen molar-refractivity contribution >= 4 is 5.82 Å². The van der Waals surface area contributed by atoms with Gasteiger partial charge in [0.15, 0.2) is 0 Å². The van der Waals surface area contributed by atoms with E-state index in [2.05, 4.69) is 12.0 Å². The van der Waals surface area contributed by atoms with Crippen molar-refractivity contribution < 1.29 is 4.74 Å². The van der Waals surface area contributed by atoms with Crippen LogP contribution in [0.1, 0.15) is 12.6 Å². The molecule has 0 bridgehead atoms. The fraction of sp³-hybridized carbons (Fsp3) is 0.308. The number of nitrogen functional groups attached to an aromatic ring is 1. The number of anilines is 1. The Kier molecular flexibility index (Phi) is 3.04. The summed E-state index contributed by atoms with van der Waals surface area (Å²) in [6.45, 7) is 2.07. The normalized spacial score (nSPS) is 10.5. The van der Waals surface area contributed by atoms with E-state index in [1.807, 2.05) is 31.3 Å². The van der Waals surface area contributed by atoms with Gasteiger partial charge >= 0.3 is 0 Å². The van der Waals surface area contributed by atoms with E-state index in [1.165, 1.54) is 0 Å². The van der Waals surface area contributed by atoms with Gasteiger partial charge in [-0.05, 0) is 12.5 Å². The van der Waals surface area contributed by atoms with Gasteiger partial charge < -0.3 is 10.5 Å². The van der Waals surface area contributed by atoms with Gasteiger partial charge in [-0.2, -0.15) is 5.10 Å². The van der Waals surface area contributed by atoms with Crippen LogP contribution in [-0.4, -0.2) is 16.9 Å². The number of methoxy groups -OCH3 is 1. The van der Waals surface area contributed by atoms with Crippen molar-refractivity contribution in [2.24, 2.45) is 7.05 Å². The first-order chi connectivity index (χ1) is 8.19. The summed E-state index contributed by atoms with van der Waals surface area (Å²) in [5.74, 6) is 1.49. The molecule has 1 aromatic carbocycles. The molecular formula is C13H17N3O. The third-order valence-electron chi connectivity index (χ3n) is 2.88. The van der Waals surface area contributed by atoms with Gasteiger partial charge in [-0.1, -0.05) is 25.1 Å². The van der Waals surface area contributed by atoms with Gasteiger partial charge in [-0.25, -0.2) is 0 Å². The minimum absolute atomic E-state index is 0.673. The largest absolute Gasteiger partial charge is 0.496 e. The lowest BCUT2D eigenvalue weighted by atomic mass is 10.0.